The van der Waals surface area contributed by atoms with E-state index in [0.29, 0.717) is 0 Å². The molecule has 176 valence electrons. The molecule has 2 heteroatoms. The summed E-state index contributed by atoms with van der Waals surface area (Å²) in [7, 11) is 0. The Morgan fingerprint density at radius 3 is 2.67 bits per heavy atom. The molecule has 1 aromatic heterocycles. The fraction of sp³-hybridized carbons (Fsp3) is 0.206. The van der Waals surface area contributed by atoms with E-state index >= 15 is 0 Å². The Morgan fingerprint density at radius 2 is 1.81 bits per heavy atom. The zero-order chi connectivity index (χ0) is 24.3. The molecule has 36 heavy (non-hydrogen) atoms. The van der Waals surface area contributed by atoms with Crippen LogP contribution in [0.25, 0.3) is 17.2 Å². The van der Waals surface area contributed by atoms with Crippen LogP contribution in [0.1, 0.15) is 58.3 Å². The molecule has 2 nitrogen and oxygen atoms in total. The number of fused-ring (bicyclic) bond motifs is 8. The lowest BCUT2D eigenvalue weighted by atomic mass is 9.78. The molecule has 2 aliphatic heterocycles. The van der Waals surface area contributed by atoms with Crippen LogP contribution in [0.5, 0.6) is 0 Å². The fourth-order valence-corrected chi connectivity index (χ4v) is 5.46. The zero-order valence-corrected chi connectivity index (χ0v) is 20.8. The van der Waals surface area contributed by atoms with Gasteiger partial charge in [0, 0.05) is 40.5 Å². The van der Waals surface area contributed by atoms with Gasteiger partial charge in [0.05, 0.1) is 0 Å². The van der Waals surface area contributed by atoms with E-state index in [4.69, 9.17) is 0 Å². The molecule has 5 aliphatic rings. The second-order valence-electron chi connectivity index (χ2n) is 9.79. The molecule has 0 amide bonds. The van der Waals surface area contributed by atoms with Gasteiger partial charge in [0.2, 0.25) is 0 Å². The molecular formula is C34H30N2. The number of pyridine rings is 1. The van der Waals surface area contributed by atoms with Gasteiger partial charge in [0.25, 0.3) is 0 Å². The molecule has 0 spiro atoms. The summed E-state index contributed by atoms with van der Waals surface area (Å²) in [6.45, 7) is 2.00. The summed E-state index contributed by atoms with van der Waals surface area (Å²) in [5, 5.41) is 3.20. The maximum Gasteiger partial charge on any atom is 0.0432 e. The van der Waals surface area contributed by atoms with Gasteiger partial charge >= 0.3 is 0 Å². The number of aryl methyl sites for hydroxylation is 2. The molecular weight excluding hydrogens is 436 g/mol. The topological polar surface area (TPSA) is 24.9 Å². The van der Waals surface area contributed by atoms with E-state index in [-0.39, 0.29) is 0 Å². The van der Waals surface area contributed by atoms with Crippen molar-refractivity contribution in [2.24, 2.45) is 0 Å². The molecule has 3 aliphatic carbocycles. The normalized spacial score (nSPS) is 15.9. The quantitative estimate of drug-likeness (QED) is 0.354. The van der Waals surface area contributed by atoms with E-state index in [0.717, 1.165) is 42.5 Å². The minimum atomic E-state index is 0.963. The van der Waals surface area contributed by atoms with Crippen molar-refractivity contribution in [1.29, 1.82) is 0 Å². The van der Waals surface area contributed by atoms with Gasteiger partial charge in [-0.1, -0.05) is 54.3 Å². The van der Waals surface area contributed by atoms with Gasteiger partial charge in [-0.05, 0) is 109 Å². The Hall–Kier alpha value is -4.09. The zero-order valence-electron chi connectivity index (χ0n) is 20.8. The van der Waals surface area contributed by atoms with Crippen LogP contribution in [0.2, 0.25) is 0 Å². The summed E-state index contributed by atoms with van der Waals surface area (Å²) in [5.74, 6) is 6.73. The van der Waals surface area contributed by atoms with E-state index in [1.165, 1.54) is 51.9 Å². The van der Waals surface area contributed by atoms with Crippen molar-refractivity contribution in [2.75, 3.05) is 0 Å². The highest BCUT2D eigenvalue weighted by atomic mass is 14.9. The van der Waals surface area contributed by atoms with Crippen LogP contribution in [0.4, 0.5) is 0 Å². The molecule has 0 unspecified atom stereocenters. The summed E-state index contributed by atoms with van der Waals surface area (Å²) in [4.78, 5) is 4.35. The molecule has 0 radical (unpaired) electrons. The highest BCUT2D eigenvalue weighted by Gasteiger charge is 2.22. The molecule has 2 aromatic carbocycles. The minimum Gasteiger partial charge on any atom is -0.365 e. The van der Waals surface area contributed by atoms with E-state index in [1.807, 2.05) is 31.5 Å². The summed E-state index contributed by atoms with van der Waals surface area (Å²) in [6, 6.07) is 15.2. The molecule has 0 saturated heterocycles. The van der Waals surface area contributed by atoms with Crippen molar-refractivity contribution >= 4 is 6.08 Å². The van der Waals surface area contributed by atoms with Crippen molar-refractivity contribution in [3.63, 3.8) is 0 Å². The Bertz CT molecular complexity index is 1500. The van der Waals surface area contributed by atoms with Crippen molar-refractivity contribution < 1.29 is 0 Å². The van der Waals surface area contributed by atoms with Crippen molar-refractivity contribution in [1.82, 2.24) is 10.3 Å². The first-order valence-electron chi connectivity index (χ1n) is 13.0. The first-order chi connectivity index (χ1) is 17.7. The number of nitrogens with one attached hydrogen (secondary N) is 1. The summed E-state index contributed by atoms with van der Waals surface area (Å²) in [6.07, 6.45) is 21.8. The molecule has 2 bridgehead atoms. The standard InChI is InChI=1S/C26H21N.C8H9N/c1-18-9-10-19(17-27-18)11-12-21-6-4-7-22-14-15-24-23-8-3-2-5-20(23)13-16-25(24)26(21)22;1-3-8-4-2-7(1)5-6-9-8/h2,4-7,9-10,13,16-17H,3,8,14-15H2,1H3;1,3,5-6,9H,2,4H2. The number of aromatic nitrogens is 1. The van der Waals surface area contributed by atoms with Crippen LogP contribution >= 0.6 is 0 Å². The average Bonchev–Trinajstić information content (AvgIpc) is 3.31. The summed E-state index contributed by atoms with van der Waals surface area (Å²) in [5.41, 5.74) is 14.5. The Morgan fingerprint density at radius 1 is 0.833 bits per heavy atom. The van der Waals surface area contributed by atoms with Crippen molar-refractivity contribution in [2.45, 2.75) is 45.4 Å². The second-order valence-corrected chi connectivity index (χ2v) is 9.79. The van der Waals surface area contributed by atoms with Crippen LogP contribution in [-0.2, 0) is 19.3 Å². The Kier molecular flexibility index (Phi) is 6.14. The highest BCUT2D eigenvalue weighted by molar-refractivity contribution is 5.81. The smallest absolute Gasteiger partial charge is 0.0432 e. The maximum atomic E-state index is 4.35. The summed E-state index contributed by atoms with van der Waals surface area (Å²) >= 11 is 0. The van der Waals surface area contributed by atoms with Crippen LogP contribution in [0, 0.1) is 18.8 Å². The van der Waals surface area contributed by atoms with Crippen molar-refractivity contribution in [3.05, 3.63) is 130 Å². The lowest BCUT2D eigenvalue weighted by molar-refractivity contribution is 0.874. The van der Waals surface area contributed by atoms with E-state index in [2.05, 4.69) is 82.9 Å². The first-order valence-corrected chi connectivity index (χ1v) is 13.0. The average molecular weight is 467 g/mol. The number of benzene rings is 2. The van der Waals surface area contributed by atoms with Crippen LogP contribution in [0.3, 0.4) is 0 Å². The fourth-order valence-electron chi connectivity index (χ4n) is 5.46. The molecule has 1 N–H and O–H groups in total. The molecule has 3 heterocycles. The number of rotatable bonds is 0. The third kappa shape index (κ3) is 4.58. The van der Waals surface area contributed by atoms with Gasteiger partial charge in [0.15, 0.2) is 0 Å². The van der Waals surface area contributed by atoms with E-state index < -0.39 is 0 Å². The second kappa shape index (κ2) is 9.88. The molecule has 0 atom stereocenters. The molecule has 0 fully saturated rings. The Labute approximate surface area is 214 Å². The molecule has 3 aromatic rings. The van der Waals surface area contributed by atoms with Gasteiger partial charge in [-0.15, -0.1) is 0 Å². The van der Waals surface area contributed by atoms with Crippen LogP contribution in [0.15, 0.2) is 90.4 Å². The van der Waals surface area contributed by atoms with Crippen molar-refractivity contribution in [3.8, 4) is 23.0 Å². The number of hydrogen-bond acceptors (Lipinski definition) is 2. The monoisotopic (exact) mass is 466 g/mol. The number of nitrogens with zero attached hydrogens (tertiary/aromatic N) is 1. The van der Waals surface area contributed by atoms with Gasteiger partial charge in [0.1, 0.15) is 0 Å². The lowest BCUT2D eigenvalue weighted by Crippen LogP contribution is -2.10. The maximum absolute atomic E-state index is 4.35. The van der Waals surface area contributed by atoms with Gasteiger partial charge in [-0.2, -0.15) is 0 Å². The number of hydrogen-bond donors (Lipinski definition) is 1. The van der Waals surface area contributed by atoms with E-state index in [9.17, 15) is 0 Å². The van der Waals surface area contributed by atoms with Crippen LogP contribution in [-0.4, -0.2) is 4.98 Å². The van der Waals surface area contributed by atoms with Gasteiger partial charge < -0.3 is 5.32 Å². The van der Waals surface area contributed by atoms with Gasteiger partial charge in [-0.25, -0.2) is 0 Å². The van der Waals surface area contributed by atoms with Gasteiger partial charge in [-0.3, -0.25) is 4.98 Å². The number of allylic oxidation sites excluding steroid dienone is 6. The third-order valence-corrected chi connectivity index (χ3v) is 7.39. The largest absolute Gasteiger partial charge is 0.365 e. The minimum absolute atomic E-state index is 0.963. The lowest BCUT2D eigenvalue weighted by Gasteiger charge is -2.26. The Balaban J connectivity index is 0.000000223. The van der Waals surface area contributed by atoms with E-state index in [1.54, 1.807) is 5.56 Å². The highest BCUT2D eigenvalue weighted by Crippen LogP contribution is 2.40. The predicted octanol–water partition coefficient (Wildman–Crippen LogP) is 7.22. The predicted molar refractivity (Wildman–Crippen MR) is 149 cm³/mol. The first kappa shape index (κ1) is 22.4. The molecule has 0 saturated carbocycles. The van der Waals surface area contributed by atoms with Crippen LogP contribution < -0.4 is 5.32 Å². The summed E-state index contributed by atoms with van der Waals surface area (Å²) < 4.78 is 0. The SMILES string of the molecule is C1=CC2=CC=C(CC2)N1.Cc1ccc(C#Cc2cccc3c2-c2ccc4c(c2CC3)CCC=C4)cn1. The third-order valence-electron chi connectivity index (χ3n) is 7.39. The molecule has 8 rings (SSSR count).